The Morgan fingerprint density at radius 3 is 2.74 bits per heavy atom. The number of hydrogen-bond acceptors (Lipinski definition) is 2. The molecule has 3 nitrogen and oxygen atoms in total. The van der Waals surface area contributed by atoms with Crippen molar-refractivity contribution in [2.24, 2.45) is 0 Å². The van der Waals surface area contributed by atoms with E-state index >= 15 is 0 Å². The highest BCUT2D eigenvalue weighted by molar-refractivity contribution is 6.30. The summed E-state index contributed by atoms with van der Waals surface area (Å²) in [6.07, 6.45) is 0.698. The molecule has 5 heteroatoms. The van der Waals surface area contributed by atoms with Crippen LogP contribution in [0.3, 0.4) is 0 Å². The number of nitrogens with zero attached hydrogens (tertiary/aromatic N) is 1. The molecule has 0 bridgehead atoms. The molecule has 0 aliphatic carbocycles. The number of benzene rings is 2. The van der Waals surface area contributed by atoms with Crippen LogP contribution in [0.2, 0.25) is 5.02 Å². The Labute approximate surface area is 138 Å². The Morgan fingerprint density at radius 1 is 1.17 bits per heavy atom. The average Bonchev–Trinajstić information content (AvgIpc) is 2.54. The van der Waals surface area contributed by atoms with Crippen LogP contribution in [0.15, 0.2) is 42.5 Å². The Bertz CT molecular complexity index is 762. The second kappa shape index (κ2) is 5.53. The average molecular weight is 332 g/mol. The lowest BCUT2D eigenvalue weighted by atomic mass is 9.87. The highest BCUT2D eigenvalue weighted by atomic mass is 35.5. The van der Waals surface area contributed by atoms with Crippen molar-refractivity contribution in [3.63, 3.8) is 0 Å². The van der Waals surface area contributed by atoms with Crippen molar-refractivity contribution in [2.75, 3.05) is 6.54 Å². The first-order chi connectivity index (χ1) is 11.1. The monoisotopic (exact) mass is 331 g/mol. The molecule has 0 radical (unpaired) electrons. The first-order valence-corrected chi connectivity index (χ1v) is 8.00. The fourth-order valence-electron chi connectivity index (χ4n) is 3.48. The number of amides is 1. The topological polar surface area (TPSA) is 29.5 Å². The van der Waals surface area contributed by atoms with E-state index in [4.69, 9.17) is 16.3 Å². The minimum Gasteiger partial charge on any atom is -0.441 e. The van der Waals surface area contributed by atoms with Gasteiger partial charge < -0.3 is 9.64 Å². The Hall–Kier alpha value is -2.07. The van der Waals surface area contributed by atoms with E-state index in [0.717, 1.165) is 16.7 Å². The Morgan fingerprint density at radius 2 is 1.96 bits per heavy atom. The van der Waals surface area contributed by atoms with Crippen LogP contribution in [0.25, 0.3) is 0 Å². The summed E-state index contributed by atoms with van der Waals surface area (Å²) in [5.74, 6) is -0.232. The maximum atomic E-state index is 13.5. The van der Waals surface area contributed by atoms with E-state index in [0.29, 0.717) is 24.4 Å². The molecule has 0 aromatic heterocycles. The number of fused-ring (bicyclic) bond motifs is 3. The smallest absolute Gasteiger partial charge is 0.410 e. The Kier molecular flexibility index (Phi) is 3.49. The lowest BCUT2D eigenvalue weighted by Gasteiger charge is -2.42. The van der Waals surface area contributed by atoms with Gasteiger partial charge in [-0.2, -0.15) is 0 Å². The zero-order valence-electron chi connectivity index (χ0n) is 12.3. The molecular weight excluding hydrogens is 317 g/mol. The van der Waals surface area contributed by atoms with E-state index in [1.54, 1.807) is 29.2 Å². The first-order valence-electron chi connectivity index (χ1n) is 7.63. The van der Waals surface area contributed by atoms with Crippen molar-refractivity contribution in [2.45, 2.75) is 25.0 Å². The van der Waals surface area contributed by atoms with Crippen molar-refractivity contribution >= 4 is 17.7 Å². The molecule has 2 aromatic carbocycles. The maximum absolute atomic E-state index is 13.5. The van der Waals surface area contributed by atoms with Gasteiger partial charge in [-0.05, 0) is 47.4 Å². The van der Waals surface area contributed by atoms with Gasteiger partial charge in [-0.25, -0.2) is 9.18 Å². The summed E-state index contributed by atoms with van der Waals surface area (Å²) in [6, 6.07) is 12.1. The first kappa shape index (κ1) is 14.5. The molecular formula is C18H15ClFNO2. The predicted molar refractivity (Wildman–Crippen MR) is 84.8 cm³/mol. The van der Waals surface area contributed by atoms with E-state index in [9.17, 15) is 9.18 Å². The van der Waals surface area contributed by atoms with Crippen molar-refractivity contribution < 1.29 is 13.9 Å². The molecule has 1 fully saturated rings. The number of carbonyl (C=O) groups excluding carboxylic acids is 1. The minimum atomic E-state index is -0.309. The van der Waals surface area contributed by atoms with Crippen LogP contribution in [0, 0.1) is 5.82 Å². The third-order valence-corrected chi connectivity index (χ3v) is 4.87. The number of carbonyl (C=O) groups is 1. The summed E-state index contributed by atoms with van der Waals surface area (Å²) in [5.41, 5.74) is 2.93. The third kappa shape index (κ3) is 2.57. The summed E-state index contributed by atoms with van der Waals surface area (Å²) in [6.45, 7) is 0.563. The summed E-state index contributed by atoms with van der Waals surface area (Å²) < 4.78 is 19.0. The van der Waals surface area contributed by atoms with Gasteiger partial charge in [0.15, 0.2) is 0 Å². The van der Waals surface area contributed by atoms with Crippen molar-refractivity contribution in [3.8, 4) is 0 Å². The standard InChI is InChI=1S/C18H15ClFNO2/c19-13-3-1-11(2-4-13)17-10-16-15-6-5-14(20)9-12(15)7-8-21(16)18(22)23-17/h1-6,9,16-17H,7-8,10H2/t16-,17-/m1/s1. The van der Waals surface area contributed by atoms with Gasteiger partial charge in [-0.15, -0.1) is 0 Å². The molecule has 0 spiro atoms. The molecule has 2 atom stereocenters. The van der Waals surface area contributed by atoms with Crippen LogP contribution in [0.5, 0.6) is 0 Å². The van der Waals surface area contributed by atoms with Crippen LogP contribution in [-0.4, -0.2) is 17.5 Å². The quantitative estimate of drug-likeness (QED) is 0.760. The summed E-state index contributed by atoms with van der Waals surface area (Å²) in [5, 5.41) is 0.649. The molecule has 2 aliphatic heterocycles. The molecule has 23 heavy (non-hydrogen) atoms. The number of cyclic esters (lactones) is 1. The van der Waals surface area contributed by atoms with Gasteiger partial charge in [0.2, 0.25) is 0 Å². The van der Waals surface area contributed by atoms with Gasteiger partial charge in [0.05, 0.1) is 6.04 Å². The van der Waals surface area contributed by atoms with Crippen molar-refractivity contribution in [3.05, 3.63) is 70.0 Å². The van der Waals surface area contributed by atoms with Gasteiger partial charge in [0.25, 0.3) is 0 Å². The van der Waals surface area contributed by atoms with Gasteiger partial charge in [-0.1, -0.05) is 29.8 Å². The van der Waals surface area contributed by atoms with E-state index in [1.165, 1.54) is 6.07 Å². The van der Waals surface area contributed by atoms with Gasteiger partial charge >= 0.3 is 6.09 Å². The molecule has 0 saturated carbocycles. The molecule has 2 aromatic rings. The molecule has 118 valence electrons. The minimum absolute atomic E-state index is 0.0683. The normalized spacial score (nSPS) is 23.0. The van der Waals surface area contributed by atoms with E-state index in [1.807, 2.05) is 12.1 Å². The fourth-order valence-corrected chi connectivity index (χ4v) is 3.60. The SMILES string of the molecule is O=C1O[C@@H](c2ccc(Cl)cc2)C[C@@H]2c3ccc(F)cc3CCN12. The number of halogens is 2. The second-order valence-electron chi connectivity index (χ2n) is 5.96. The zero-order valence-corrected chi connectivity index (χ0v) is 13.1. The van der Waals surface area contributed by atoms with Crippen molar-refractivity contribution in [1.29, 1.82) is 0 Å². The predicted octanol–water partition coefficient (Wildman–Crippen LogP) is 4.66. The molecule has 1 saturated heterocycles. The van der Waals surface area contributed by atoms with Crippen LogP contribution in [0.4, 0.5) is 9.18 Å². The fraction of sp³-hybridized carbons (Fsp3) is 0.278. The molecule has 2 heterocycles. The summed E-state index contributed by atoms with van der Waals surface area (Å²) in [7, 11) is 0. The van der Waals surface area contributed by atoms with E-state index < -0.39 is 0 Å². The number of ether oxygens (including phenoxy) is 1. The zero-order chi connectivity index (χ0) is 16.0. The van der Waals surface area contributed by atoms with Gasteiger partial charge in [0, 0.05) is 18.0 Å². The highest BCUT2D eigenvalue weighted by Gasteiger charge is 2.39. The van der Waals surface area contributed by atoms with E-state index in [-0.39, 0.29) is 24.1 Å². The second-order valence-corrected chi connectivity index (χ2v) is 6.40. The maximum Gasteiger partial charge on any atom is 0.410 e. The van der Waals surface area contributed by atoms with Gasteiger partial charge in [0.1, 0.15) is 11.9 Å². The number of rotatable bonds is 1. The summed E-state index contributed by atoms with van der Waals surface area (Å²) in [4.78, 5) is 14.1. The van der Waals surface area contributed by atoms with Crippen LogP contribution in [-0.2, 0) is 11.2 Å². The van der Waals surface area contributed by atoms with E-state index in [2.05, 4.69) is 0 Å². The molecule has 0 N–H and O–H groups in total. The lowest BCUT2D eigenvalue weighted by Crippen LogP contribution is -2.45. The molecule has 1 amide bonds. The third-order valence-electron chi connectivity index (χ3n) is 4.62. The molecule has 2 aliphatic rings. The van der Waals surface area contributed by atoms with Gasteiger partial charge in [-0.3, -0.25) is 0 Å². The Balaban J connectivity index is 1.68. The highest BCUT2D eigenvalue weighted by Crippen LogP contribution is 2.42. The molecule has 4 rings (SSSR count). The molecule has 0 unspecified atom stereocenters. The van der Waals surface area contributed by atoms with Crippen LogP contribution < -0.4 is 0 Å². The van der Waals surface area contributed by atoms with Crippen LogP contribution in [0.1, 0.15) is 35.3 Å². The van der Waals surface area contributed by atoms with Crippen molar-refractivity contribution in [1.82, 2.24) is 4.90 Å². The largest absolute Gasteiger partial charge is 0.441 e. The summed E-state index contributed by atoms with van der Waals surface area (Å²) >= 11 is 5.92. The number of hydrogen-bond donors (Lipinski definition) is 0. The van der Waals surface area contributed by atoms with Crippen LogP contribution >= 0.6 is 11.6 Å². The lowest BCUT2D eigenvalue weighted by molar-refractivity contribution is -0.00648.